The van der Waals surface area contributed by atoms with Crippen LogP contribution in [0.15, 0.2) is 41.5 Å². The van der Waals surface area contributed by atoms with Crippen molar-refractivity contribution < 1.29 is 18.7 Å². The first-order valence-corrected chi connectivity index (χ1v) is 10.1. The van der Waals surface area contributed by atoms with Gasteiger partial charge in [0.15, 0.2) is 0 Å². The second-order valence-electron chi connectivity index (χ2n) is 7.68. The van der Waals surface area contributed by atoms with Gasteiger partial charge in [-0.1, -0.05) is 12.1 Å². The molecule has 0 radical (unpaired) electrons. The molecule has 2 aromatic rings. The van der Waals surface area contributed by atoms with Crippen LogP contribution < -0.4 is 10.1 Å². The van der Waals surface area contributed by atoms with Gasteiger partial charge in [0.05, 0.1) is 24.9 Å². The second-order valence-corrected chi connectivity index (χ2v) is 7.68. The van der Waals surface area contributed by atoms with Crippen molar-refractivity contribution in [2.75, 3.05) is 20.3 Å². The molecule has 1 aromatic heterocycles. The van der Waals surface area contributed by atoms with Gasteiger partial charge in [0.25, 0.3) is 0 Å². The zero-order valence-corrected chi connectivity index (χ0v) is 17.6. The summed E-state index contributed by atoms with van der Waals surface area (Å²) in [6.45, 7) is 4.49. The minimum Gasteiger partial charge on any atom is -0.477 e. The van der Waals surface area contributed by atoms with E-state index in [-0.39, 0.29) is 23.9 Å². The van der Waals surface area contributed by atoms with E-state index in [1.54, 1.807) is 31.6 Å². The Hall–Kier alpha value is -2.80. The minimum absolute atomic E-state index is 0.00657. The van der Waals surface area contributed by atoms with Crippen molar-refractivity contribution in [3.05, 3.63) is 47.9 Å². The molecule has 1 aromatic carbocycles. The minimum atomic E-state index is -0.275. The number of nitrogens with one attached hydrogen (secondary N) is 1. The van der Waals surface area contributed by atoms with Crippen molar-refractivity contribution in [3.8, 4) is 17.0 Å². The highest BCUT2D eigenvalue weighted by molar-refractivity contribution is 5.92. The Bertz CT molecular complexity index is 880. The van der Waals surface area contributed by atoms with E-state index in [9.17, 15) is 9.18 Å². The number of carbonyl (C=O) groups excluding carboxylic acids is 1. The SMILES string of the molecule is CN=Cc1c(-c2ccc(F)cc2)ccnc1OCC1CC(OC[C@H](C)NC(C)=O)C1. The zero-order chi connectivity index (χ0) is 21.5. The summed E-state index contributed by atoms with van der Waals surface area (Å²) < 4.78 is 25.1. The predicted molar refractivity (Wildman–Crippen MR) is 114 cm³/mol. The monoisotopic (exact) mass is 413 g/mol. The van der Waals surface area contributed by atoms with Crippen LogP contribution in [0.4, 0.5) is 4.39 Å². The number of benzene rings is 1. The first-order valence-electron chi connectivity index (χ1n) is 10.1. The molecule has 0 spiro atoms. The van der Waals surface area contributed by atoms with Crippen molar-refractivity contribution in [1.82, 2.24) is 10.3 Å². The Morgan fingerprint density at radius 3 is 2.73 bits per heavy atom. The molecular weight excluding hydrogens is 385 g/mol. The first kappa shape index (κ1) is 21.9. The lowest BCUT2D eigenvalue weighted by Crippen LogP contribution is -2.40. The van der Waals surface area contributed by atoms with Gasteiger partial charge in [0, 0.05) is 32.4 Å². The van der Waals surface area contributed by atoms with Gasteiger partial charge in [0.1, 0.15) is 5.82 Å². The molecule has 160 valence electrons. The summed E-state index contributed by atoms with van der Waals surface area (Å²) in [7, 11) is 1.70. The largest absolute Gasteiger partial charge is 0.477 e. The van der Waals surface area contributed by atoms with Gasteiger partial charge in [-0.3, -0.25) is 9.79 Å². The van der Waals surface area contributed by atoms with Crippen LogP contribution in [0, 0.1) is 11.7 Å². The van der Waals surface area contributed by atoms with E-state index in [1.807, 2.05) is 13.0 Å². The molecule has 1 amide bonds. The summed E-state index contributed by atoms with van der Waals surface area (Å²) >= 11 is 0. The molecule has 1 aliphatic rings. The molecule has 1 saturated carbocycles. The molecular formula is C23H28FN3O3. The lowest BCUT2D eigenvalue weighted by molar-refractivity contribution is -0.120. The zero-order valence-electron chi connectivity index (χ0n) is 17.6. The van der Waals surface area contributed by atoms with Crippen molar-refractivity contribution in [1.29, 1.82) is 0 Å². The molecule has 1 aliphatic carbocycles. The maximum atomic E-state index is 13.3. The Morgan fingerprint density at radius 1 is 1.33 bits per heavy atom. The predicted octanol–water partition coefficient (Wildman–Crippen LogP) is 3.64. The fourth-order valence-corrected chi connectivity index (χ4v) is 3.52. The van der Waals surface area contributed by atoms with Crippen molar-refractivity contribution in [2.24, 2.45) is 10.9 Å². The van der Waals surface area contributed by atoms with Crippen LogP contribution in [0.3, 0.4) is 0 Å². The number of nitrogens with zero attached hydrogens (tertiary/aromatic N) is 2. The molecule has 6 nitrogen and oxygen atoms in total. The number of halogens is 1. The van der Waals surface area contributed by atoms with E-state index < -0.39 is 0 Å². The molecule has 0 aliphatic heterocycles. The number of hydrogen-bond acceptors (Lipinski definition) is 5. The van der Waals surface area contributed by atoms with E-state index in [1.165, 1.54) is 19.1 Å². The van der Waals surface area contributed by atoms with Crippen LogP contribution in [0.1, 0.15) is 32.3 Å². The van der Waals surface area contributed by atoms with E-state index in [0.29, 0.717) is 25.0 Å². The molecule has 0 saturated heterocycles. The molecule has 0 bridgehead atoms. The summed E-state index contributed by atoms with van der Waals surface area (Å²) in [5, 5.41) is 2.81. The van der Waals surface area contributed by atoms with Crippen LogP contribution >= 0.6 is 0 Å². The third-order valence-electron chi connectivity index (χ3n) is 5.05. The molecule has 3 rings (SSSR count). The van der Waals surface area contributed by atoms with Gasteiger partial charge in [-0.2, -0.15) is 0 Å². The van der Waals surface area contributed by atoms with Gasteiger partial charge < -0.3 is 14.8 Å². The highest BCUT2D eigenvalue weighted by atomic mass is 19.1. The Balaban J connectivity index is 1.56. The second kappa shape index (κ2) is 10.3. The third-order valence-corrected chi connectivity index (χ3v) is 5.05. The fourth-order valence-electron chi connectivity index (χ4n) is 3.52. The average Bonchev–Trinajstić information content (AvgIpc) is 2.67. The van der Waals surface area contributed by atoms with Crippen molar-refractivity contribution in [3.63, 3.8) is 0 Å². The lowest BCUT2D eigenvalue weighted by atomic mass is 9.83. The number of carbonyl (C=O) groups is 1. The molecule has 1 fully saturated rings. The highest BCUT2D eigenvalue weighted by Gasteiger charge is 2.31. The average molecular weight is 413 g/mol. The molecule has 1 atom stereocenters. The van der Waals surface area contributed by atoms with Gasteiger partial charge in [-0.25, -0.2) is 9.37 Å². The summed E-state index contributed by atoms with van der Waals surface area (Å²) in [4.78, 5) is 19.6. The van der Waals surface area contributed by atoms with Crippen LogP contribution in [0.25, 0.3) is 11.1 Å². The van der Waals surface area contributed by atoms with Gasteiger partial charge in [-0.05, 0) is 55.0 Å². The summed E-state index contributed by atoms with van der Waals surface area (Å²) in [5.41, 5.74) is 2.55. The normalized spacial score (nSPS) is 19.3. The Labute approximate surface area is 176 Å². The van der Waals surface area contributed by atoms with Crippen molar-refractivity contribution in [2.45, 2.75) is 38.8 Å². The first-order chi connectivity index (χ1) is 14.5. The van der Waals surface area contributed by atoms with Gasteiger partial charge in [0.2, 0.25) is 11.8 Å². The Kier molecular flexibility index (Phi) is 7.52. The molecule has 30 heavy (non-hydrogen) atoms. The van der Waals surface area contributed by atoms with Crippen LogP contribution in [-0.2, 0) is 9.53 Å². The number of hydrogen-bond donors (Lipinski definition) is 1. The number of amides is 1. The summed E-state index contributed by atoms with van der Waals surface area (Å²) in [6.07, 6.45) is 5.45. The lowest BCUT2D eigenvalue weighted by Gasteiger charge is -2.35. The molecule has 1 heterocycles. The van der Waals surface area contributed by atoms with Crippen molar-refractivity contribution >= 4 is 12.1 Å². The number of pyridine rings is 1. The summed E-state index contributed by atoms with van der Waals surface area (Å²) in [5.74, 6) is 0.593. The molecule has 0 unspecified atom stereocenters. The fraction of sp³-hybridized carbons (Fsp3) is 0.435. The van der Waals surface area contributed by atoms with Gasteiger partial charge >= 0.3 is 0 Å². The quantitative estimate of drug-likeness (QED) is 0.637. The summed E-state index contributed by atoms with van der Waals surface area (Å²) in [6, 6.07) is 8.22. The van der Waals surface area contributed by atoms with E-state index in [0.717, 1.165) is 29.5 Å². The maximum Gasteiger partial charge on any atom is 0.222 e. The number of rotatable bonds is 9. The highest BCUT2D eigenvalue weighted by Crippen LogP contribution is 2.32. The smallest absolute Gasteiger partial charge is 0.222 e. The van der Waals surface area contributed by atoms with E-state index >= 15 is 0 Å². The number of aromatic nitrogens is 1. The van der Waals surface area contributed by atoms with Crippen LogP contribution in [-0.4, -0.2) is 49.5 Å². The number of aliphatic imine (C=N–C) groups is 1. The molecule has 7 heteroatoms. The van der Waals surface area contributed by atoms with E-state index in [2.05, 4.69) is 15.3 Å². The van der Waals surface area contributed by atoms with E-state index in [4.69, 9.17) is 9.47 Å². The standard InChI is InChI=1S/C23H28FN3O3/c1-15(27-16(2)28)13-29-20-10-17(11-20)14-30-23-22(12-25-3)21(8-9-26-23)18-4-6-19(24)7-5-18/h4-9,12,15,17,20H,10-11,13-14H2,1-3H3,(H,27,28)/t15-,17?,20?/m0/s1. The van der Waals surface area contributed by atoms with Crippen LogP contribution in [0.2, 0.25) is 0 Å². The Morgan fingerprint density at radius 2 is 2.07 bits per heavy atom. The van der Waals surface area contributed by atoms with Gasteiger partial charge in [-0.15, -0.1) is 0 Å². The number of ether oxygens (including phenoxy) is 2. The third kappa shape index (κ3) is 5.86. The maximum absolute atomic E-state index is 13.3. The topological polar surface area (TPSA) is 72.8 Å². The molecule has 1 N–H and O–H groups in total. The van der Waals surface area contributed by atoms with Crippen LogP contribution in [0.5, 0.6) is 5.88 Å².